The highest BCUT2D eigenvalue weighted by atomic mass is 19.1. The first-order valence-corrected chi connectivity index (χ1v) is 7.03. The molecule has 0 aliphatic heterocycles. The smallest absolute Gasteiger partial charge is 0.344 e. The molecular weight excluding hydrogens is 335 g/mol. The van der Waals surface area contributed by atoms with Crippen molar-refractivity contribution in [1.29, 1.82) is 0 Å². The van der Waals surface area contributed by atoms with Crippen molar-refractivity contribution in [2.45, 2.75) is 0 Å². The third kappa shape index (κ3) is 5.57. The molecule has 0 bridgehead atoms. The molecule has 0 spiro atoms. The molecule has 0 atom stereocenters. The van der Waals surface area contributed by atoms with Gasteiger partial charge >= 0.3 is 5.97 Å². The van der Waals surface area contributed by atoms with Gasteiger partial charge in [-0.1, -0.05) is 18.2 Å². The number of ether oxygens (including phenoxy) is 2. The molecule has 2 aromatic rings. The number of esters is 1. The molecule has 0 radical (unpaired) electrons. The topological polar surface area (TPSA) is 108 Å². The minimum Gasteiger partial charge on any atom is -0.482 e. The predicted octanol–water partition coefficient (Wildman–Crippen LogP) is 2.29. The van der Waals surface area contributed by atoms with Crippen LogP contribution in [-0.2, 0) is 14.3 Å². The number of nitrogens with one attached hydrogen (secondary N) is 1. The van der Waals surface area contributed by atoms with Crippen molar-refractivity contribution in [1.82, 2.24) is 0 Å². The summed E-state index contributed by atoms with van der Waals surface area (Å²) in [4.78, 5) is 33.4. The van der Waals surface area contributed by atoms with E-state index in [0.717, 1.165) is 6.07 Å². The number of para-hydroxylation sites is 2. The molecule has 0 unspecified atom stereocenters. The van der Waals surface area contributed by atoms with Crippen LogP contribution in [0.15, 0.2) is 48.5 Å². The van der Waals surface area contributed by atoms with Crippen molar-refractivity contribution in [2.75, 3.05) is 18.5 Å². The third-order valence-corrected chi connectivity index (χ3v) is 2.89. The van der Waals surface area contributed by atoms with Crippen LogP contribution in [0.3, 0.4) is 0 Å². The molecular formula is C16H13FN2O6. The molecule has 2 rings (SSSR count). The van der Waals surface area contributed by atoms with E-state index in [-0.39, 0.29) is 17.1 Å². The first-order chi connectivity index (χ1) is 12.0. The van der Waals surface area contributed by atoms with Crippen LogP contribution in [0.5, 0.6) is 5.75 Å². The largest absolute Gasteiger partial charge is 0.482 e. The highest BCUT2D eigenvalue weighted by molar-refractivity contribution is 5.94. The Bertz CT molecular complexity index is 796. The molecule has 0 aromatic heterocycles. The average molecular weight is 348 g/mol. The molecule has 1 N–H and O–H groups in total. The lowest BCUT2D eigenvalue weighted by Crippen LogP contribution is -2.24. The van der Waals surface area contributed by atoms with Crippen molar-refractivity contribution in [2.24, 2.45) is 0 Å². The molecule has 0 saturated heterocycles. The number of anilines is 1. The highest BCUT2D eigenvalue weighted by Crippen LogP contribution is 2.22. The molecule has 1 amide bonds. The van der Waals surface area contributed by atoms with Crippen LogP contribution < -0.4 is 10.1 Å². The average Bonchev–Trinajstić information content (AvgIpc) is 2.58. The number of hydrogen-bond acceptors (Lipinski definition) is 6. The Morgan fingerprint density at radius 2 is 1.88 bits per heavy atom. The van der Waals surface area contributed by atoms with Gasteiger partial charge in [-0.3, -0.25) is 14.9 Å². The zero-order chi connectivity index (χ0) is 18.2. The summed E-state index contributed by atoms with van der Waals surface area (Å²) in [5.41, 5.74) is -0.291. The molecule has 0 aliphatic rings. The number of amides is 1. The van der Waals surface area contributed by atoms with E-state index in [1.807, 2.05) is 0 Å². The van der Waals surface area contributed by atoms with Gasteiger partial charge in [-0.25, -0.2) is 9.18 Å². The van der Waals surface area contributed by atoms with Crippen molar-refractivity contribution < 1.29 is 28.4 Å². The van der Waals surface area contributed by atoms with Gasteiger partial charge in [0.05, 0.1) is 4.92 Å². The van der Waals surface area contributed by atoms with Gasteiger partial charge in [0.25, 0.3) is 11.6 Å². The van der Waals surface area contributed by atoms with Gasteiger partial charge in [0.15, 0.2) is 13.2 Å². The summed E-state index contributed by atoms with van der Waals surface area (Å²) in [5.74, 6) is -1.97. The lowest BCUT2D eigenvalue weighted by atomic mass is 10.2. The predicted molar refractivity (Wildman–Crippen MR) is 84.6 cm³/mol. The Balaban J connectivity index is 1.80. The first-order valence-electron chi connectivity index (χ1n) is 7.03. The van der Waals surface area contributed by atoms with Gasteiger partial charge < -0.3 is 14.8 Å². The van der Waals surface area contributed by atoms with E-state index in [1.54, 1.807) is 0 Å². The van der Waals surface area contributed by atoms with E-state index < -0.39 is 35.8 Å². The highest BCUT2D eigenvalue weighted by Gasteiger charge is 2.16. The van der Waals surface area contributed by atoms with Gasteiger partial charge in [0.2, 0.25) is 0 Å². The second-order valence-corrected chi connectivity index (χ2v) is 4.73. The fourth-order valence-corrected chi connectivity index (χ4v) is 1.81. The Morgan fingerprint density at radius 3 is 2.60 bits per heavy atom. The van der Waals surface area contributed by atoms with E-state index in [9.17, 15) is 24.1 Å². The standard InChI is InChI=1S/C16H13FN2O6/c17-11-4-3-5-12(8-11)24-10-16(21)25-9-15(20)18-13-6-1-2-7-14(13)19(22)23/h1-8H,9-10H2,(H,18,20). The number of nitro groups is 1. The SMILES string of the molecule is O=C(COC(=O)COc1cccc(F)c1)Nc1ccccc1[N+](=O)[O-]. The van der Waals surface area contributed by atoms with Crippen LogP contribution in [0.1, 0.15) is 0 Å². The van der Waals surface area contributed by atoms with Crippen molar-refractivity contribution >= 4 is 23.3 Å². The number of nitro benzene ring substituents is 1. The number of hydrogen-bond donors (Lipinski definition) is 1. The fraction of sp³-hybridized carbons (Fsp3) is 0.125. The van der Waals surface area contributed by atoms with Gasteiger partial charge in [-0.05, 0) is 18.2 Å². The molecule has 0 aliphatic carbocycles. The summed E-state index contributed by atoms with van der Waals surface area (Å²) < 4.78 is 22.6. The Labute approximate surface area is 141 Å². The second kappa shape index (κ2) is 8.39. The number of nitrogens with zero attached hydrogens (tertiary/aromatic N) is 1. The van der Waals surface area contributed by atoms with Crippen LogP contribution in [0.2, 0.25) is 0 Å². The molecule has 8 nitrogen and oxygen atoms in total. The Hall–Kier alpha value is -3.49. The molecule has 9 heteroatoms. The summed E-state index contributed by atoms with van der Waals surface area (Å²) in [6.45, 7) is -1.15. The zero-order valence-electron chi connectivity index (χ0n) is 12.8. The van der Waals surface area contributed by atoms with Crippen LogP contribution >= 0.6 is 0 Å². The van der Waals surface area contributed by atoms with Gasteiger partial charge in [0, 0.05) is 12.1 Å². The summed E-state index contributed by atoms with van der Waals surface area (Å²) >= 11 is 0. The zero-order valence-corrected chi connectivity index (χ0v) is 12.8. The summed E-state index contributed by atoms with van der Waals surface area (Å²) in [6.07, 6.45) is 0. The third-order valence-electron chi connectivity index (χ3n) is 2.89. The van der Waals surface area contributed by atoms with Crippen LogP contribution in [0.4, 0.5) is 15.8 Å². The number of rotatable bonds is 7. The van der Waals surface area contributed by atoms with Crippen LogP contribution in [0, 0.1) is 15.9 Å². The molecule has 130 valence electrons. The lowest BCUT2D eigenvalue weighted by molar-refractivity contribution is -0.383. The fourth-order valence-electron chi connectivity index (χ4n) is 1.81. The Kier molecular flexibility index (Phi) is 5.99. The molecule has 2 aromatic carbocycles. The number of carbonyl (C=O) groups is 2. The van der Waals surface area contributed by atoms with Gasteiger partial charge in [-0.15, -0.1) is 0 Å². The second-order valence-electron chi connectivity index (χ2n) is 4.73. The maximum Gasteiger partial charge on any atom is 0.344 e. The molecule has 0 saturated carbocycles. The van der Waals surface area contributed by atoms with Gasteiger partial charge in [-0.2, -0.15) is 0 Å². The van der Waals surface area contributed by atoms with Crippen LogP contribution in [0.25, 0.3) is 0 Å². The monoisotopic (exact) mass is 348 g/mol. The van der Waals surface area contributed by atoms with Gasteiger partial charge in [0.1, 0.15) is 17.3 Å². The Morgan fingerprint density at radius 1 is 1.12 bits per heavy atom. The number of halogens is 1. The van der Waals surface area contributed by atoms with E-state index in [0.29, 0.717) is 0 Å². The van der Waals surface area contributed by atoms with Crippen molar-refractivity contribution in [3.05, 3.63) is 64.5 Å². The quantitative estimate of drug-likeness (QED) is 0.467. The maximum atomic E-state index is 12.9. The minimum atomic E-state index is -0.845. The normalized spacial score (nSPS) is 9.96. The molecule has 0 fully saturated rings. The van der Waals surface area contributed by atoms with E-state index in [4.69, 9.17) is 4.74 Å². The molecule has 0 heterocycles. The summed E-state index contributed by atoms with van der Waals surface area (Å²) in [6, 6.07) is 10.7. The summed E-state index contributed by atoms with van der Waals surface area (Å²) in [5, 5.41) is 13.1. The van der Waals surface area contributed by atoms with E-state index >= 15 is 0 Å². The lowest BCUT2D eigenvalue weighted by Gasteiger charge is -2.08. The van der Waals surface area contributed by atoms with Crippen LogP contribution in [-0.4, -0.2) is 30.0 Å². The van der Waals surface area contributed by atoms with E-state index in [2.05, 4.69) is 10.1 Å². The molecule has 25 heavy (non-hydrogen) atoms. The van der Waals surface area contributed by atoms with Crippen molar-refractivity contribution in [3.8, 4) is 5.75 Å². The maximum absolute atomic E-state index is 12.9. The summed E-state index contributed by atoms with van der Waals surface area (Å²) in [7, 11) is 0. The number of benzene rings is 2. The number of carbonyl (C=O) groups excluding carboxylic acids is 2. The minimum absolute atomic E-state index is 0.00967. The first kappa shape index (κ1) is 17.9. The van der Waals surface area contributed by atoms with E-state index in [1.165, 1.54) is 42.5 Å². The van der Waals surface area contributed by atoms with Crippen molar-refractivity contribution in [3.63, 3.8) is 0 Å².